The number of ether oxygens (including phenoxy) is 1. The molecule has 0 spiro atoms. The number of amides is 3. The molecule has 0 saturated carbocycles. The maximum Gasteiger partial charge on any atom is 0.323 e. The minimum Gasteiger partial charge on any atom is -0.477 e. The highest BCUT2D eigenvalue weighted by atomic mass is 16.5. The van der Waals surface area contributed by atoms with Crippen molar-refractivity contribution in [1.29, 1.82) is 0 Å². The van der Waals surface area contributed by atoms with E-state index in [4.69, 9.17) is 4.74 Å². The van der Waals surface area contributed by atoms with Crippen molar-refractivity contribution in [2.24, 2.45) is 0 Å². The number of hydrogen-bond acceptors (Lipinski definition) is 6. The van der Waals surface area contributed by atoms with E-state index in [0.717, 1.165) is 6.42 Å². The Hall–Kier alpha value is -4.01. The molecular weight excluding hydrogens is 408 g/mol. The van der Waals surface area contributed by atoms with E-state index >= 15 is 0 Å². The van der Waals surface area contributed by atoms with Crippen LogP contribution < -0.4 is 10.1 Å². The molecule has 9 nitrogen and oxygen atoms in total. The Bertz CT molecular complexity index is 1040. The summed E-state index contributed by atoms with van der Waals surface area (Å²) in [5, 5.41) is 2.71. The predicted molar refractivity (Wildman–Crippen MR) is 118 cm³/mol. The third-order valence-electron chi connectivity index (χ3n) is 5.12. The molecule has 9 heteroatoms. The normalized spacial score (nSPS) is 13.5. The van der Waals surface area contributed by atoms with E-state index in [0.29, 0.717) is 50.0 Å². The van der Waals surface area contributed by atoms with E-state index in [9.17, 15) is 9.59 Å². The van der Waals surface area contributed by atoms with Crippen LogP contribution in [-0.4, -0.2) is 69.5 Å². The van der Waals surface area contributed by atoms with E-state index in [2.05, 4.69) is 20.3 Å². The van der Waals surface area contributed by atoms with Crippen LogP contribution in [0.25, 0.3) is 0 Å². The Morgan fingerprint density at radius 2 is 1.72 bits per heavy atom. The standard InChI is InChI=1S/C23H24N6O3/c30-22(19-6-8-26-21(16-19)32-15-7-18-4-2-1-3-5-18)28-11-13-29(14-12-28)23(31)27-20-17-24-9-10-25-20/h1-6,8-10,16-17H,7,11-15H2,(H,25,27,31). The Labute approximate surface area is 186 Å². The lowest BCUT2D eigenvalue weighted by Gasteiger charge is -2.34. The topological polar surface area (TPSA) is 101 Å². The first-order valence-electron chi connectivity index (χ1n) is 10.4. The number of carbonyl (C=O) groups is 2. The number of benzene rings is 1. The van der Waals surface area contributed by atoms with Gasteiger partial charge in [0, 0.05) is 62.8 Å². The van der Waals surface area contributed by atoms with Crippen LogP contribution in [0.1, 0.15) is 15.9 Å². The molecule has 3 aromatic rings. The van der Waals surface area contributed by atoms with Crippen LogP contribution >= 0.6 is 0 Å². The van der Waals surface area contributed by atoms with Crippen LogP contribution in [0.4, 0.5) is 10.6 Å². The lowest BCUT2D eigenvalue weighted by Crippen LogP contribution is -2.51. The molecule has 1 fully saturated rings. The van der Waals surface area contributed by atoms with Gasteiger partial charge >= 0.3 is 6.03 Å². The van der Waals surface area contributed by atoms with E-state index < -0.39 is 0 Å². The molecule has 0 unspecified atom stereocenters. The lowest BCUT2D eigenvalue weighted by atomic mass is 10.2. The van der Waals surface area contributed by atoms with Crippen LogP contribution in [0, 0.1) is 0 Å². The summed E-state index contributed by atoms with van der Waals surface area (Å²) >= 11 is 0. The molecule has 3 amide bonds. The van der Waals surface area contributed by atoms with Crippen LogP contribution in [0.2, 0.25) is 0 Å². The monoisotopic (exact) mass is 432 g/mol. The largest absolute Gasteiger partial charge is 0.477 e. The number of rotatable bonds is 6. The molecule has 1 aromatic carbocycles. The maximum atomic E-state index is 12.9. The molecule has 4 rings (SSSR count). The molecule has 2 aromatic heterocycles. The minimum atomic E-state index is -0.254. The van der Waals surface area contributed by atoms with E-state index in [-0.39, 0.29) is 11.9 Å². The van der Waals surface area contributed by atoms with Crippen LogP contribution in [0.15, 0.2) is 67.3 Å². The number of urea groups is 1. The molecule has 3 heterocycles. The first kappa shape index (κ1) is 21.2. The predicted octanol–water partition coefficient (Wildman–Crippen LogP) is 2.48. The average molecular weight is 432 g/mol. The summed E-state index contributed by atoms with van der Waals surface area (Å²) in [6, 6.07) is 13.1. The van der Waals surface area contributed by atoms with Gasteiger partial charge in [0.2, 0.25) is 5.88 Å². The van der Waals surface area contributed by atoms with Gasteiger partial charge in [-0.1, -0.05) is 30.3 Å². The third kappa shape index (κ3) is 5.57. The van der Waals surface area contributed by atoms with Gasteiger partial charge in [-0.05, 0) is 11.6 Å². The summed E-state index contributed by atoms with van der Waals surface area (Å²) < 4.78 is 5.74. The zero-order valence-corrected chi connectivity index (χ0v) is 17.6. The third-order valence-corrected chi connectivity index (χ3v) is 5.12. The average Bonchev–Trinajstić information content (AvgIpc) is 2.85. The Balaban J connectivity index is 1.27. The molecular formula is C23H24N6O3. The number of piperazine rings is 1. The van der Waals surface area contributed by atoms with Gasteiger partial charge in [-0.2, -0.15) is 0 Å². The van der Waals surface area contributed by atoms with Gasteiger partial charge in [0.05, 0.1) is 12.8 Å². The number of nitrogens with one attached hydrogen (secondary N) is 1. The smallest absolute Gasteiger partial charge is 0.323 e. The molecule has 1 N–H and O–H groups in total. The van der Waals surface area contributed by atoms with Crippen molar-refractivity contribution in [2.45, 2.75) is 6.42 Å². The minimum absolute atomic E-state index is 0.103. The van der Waals surface area contributed by atoms with Gasteiger partial charge in [-0.25, -0.2) is 14.8 Å². The molecule has 1 aliphatic rings. The highest BCUT2D eigenvalue weighted by molar-refractivity contribution is 5.94. The highest BCUT2D eigenvalue weighted by Gasteiger charge is 2.25. The second kappa shape index (κ2) is 10.3. The van der Waals surface area contributed by atoms with Crippen LogP contribution in [0.3, 0.4) is 0 Å². The van der Waals surface area contributed by atoms with Crippen molar-refractivity contribution < 1.29 is 14.3 Å². The van der Waals surface area contributed by atoms with Crippen molar-refractivity contribution in [1.82, 2.24) is 24.8 Å². The number of pyridine rings is 1. The molecule has 0 aliphatic carbocycles. The Morgan fingerprint density at radius 1 is 0.938 bits per heavy atom. The van der Waals surface area contributed by atoms with Gasteiger partial charge in [0.1, 0.15) is 0 Å². The summed E-state index contributed by atoms with van der Waals surface area (Å²) in [6.45, 7) is 2.24. The fraction of sp³-hybridized carbons (Fsp3) is 0.261. The van der Waals surface area contributed by atoms with Crippen molar-refractivity contribution >= 4 is 17.8 Å². The van der Waals surface area contributed by atoms with Gasteiger partial charge < -0.3 is 14.5 Å². The molecule has 1 aliphatic heterocycles. The number of anilines is 1. The van der Waals surface area contributed by atoms with Crippen LogP contribution in [-0.2, 0) is 6.42 Å². The van der Waals surface area contributed by atoms with E-state index in [1.165, 1.54) is 18.0 Å². The zero-order chi connectivity index (χ0) is 22.2. The maximum absolute atomic E-state index is 12.9. The summed E-state index contributed by atoms with van der Waals surface area (Å²) in [4.78, 5) is 40.9. The summed E-state index contributed by atoms with van der Waals surface area (Å²) in [5.41, 5.74) is 1.70. The molecule has 164 valence electrons. The zero-order valence-electron chi connectivity index (χ0n) is 17.6. The number of hydrogen-bond donors (Lipinski definition) is 1. The molecule has 1 saturated heterocycles. The second-order valence-electron chi connectivity index (χ2n) is 7.27. The highest BCUT2D eigenvalue weighted by Crippen LogP contribution is 2.14. The second-order valence-corrected chi connectivity index (χ2v) is 7.27. The summed E-state index contributed by atoms with van der Waals surface area (Å²) in [7, 11) is 0. The molecule has 0 atom stereocenters. The van der Waals surface area contributed by atoms with Crippen LogP contribution in [0.5, 0.6) is 5.88 Å². The number of carbonyl (C=O) groups excluding carboxylic acids is 2. The number of nitrogens with zero attached hydrogens (tertiary/aromatic N) is 5. The summed E-state index contributed by atoms with van der Waals surface area (Å²) in [6.07, 6.45) is 6.88. The lowest BCUT2D eigenvalue weighted by molar-refractivity contribution is 0.0671. The molecule has 32 heavy (non-hydrogen) atoms. The van der Waals surface area contributed by atoms with Gasteiger partial charge in [-0.15, -0.1) is 0 Å². The quantitative estimate of drug-likeness (QED) is 0.642. The van der Waals surface area contributed by atoms with Crippen molar-refractivity contribution in [2.75, 3.05) is 38.1 Å². The first-order valence-corrected chi connectivity index (χ1v) is 10.4. The van der Waals surface area contributed by atoms with Crippen molar-refractivity contribution in [3.05, 3.63) is 78.4 Å². The molecule has 0 bridgehead atoms. The Morgan fingerprint density at radius 3 is 2.47 bits per heavy atom. The SMILES string of the molecule is O=C(Nc1cnccn1)N1CCN(C(=O)c2ccnc(OCCc3ccccc3)c2)CC1. The first-order chi connectivity index (χ1) is 15.7. The van der Waals surface area contributed by atoms with Gasteiger partial charge in [0.25, 0.3) is 5.91 Å². The van der Waals surface area contributed by atoms with Crippen molar-refractivity contribution in [3.8, 4) is 5.88 Å². The van der Waals surface area contributed by atoms with E-state index in [1.54, 1.807) is 34.3 Å². The fourth-order valence-electron chi connectivity index (χ4n) is 3.39. The fourth-order valence-corrected chi connectivity index (χ4v) is 3.39. The number of aromatic nitrogens is 3. The Kier molecular flexibility index (Phi) is 6.86. The van der Waals surface area contributed by atoms with E-state index in [1.807, 2.05) is 30.3 Å². The van der Waals surface area contributed by atoms with Crippen molar-refractivity contribution in [3.63, 3.8) is 0 Å². The molecule has 0 radical (unpaired) electrons. The van der Waals surface area contributed by atoms with Gasteiger partial charge in [0.15, 0.2) is 5.82 Å². The van der Waals surface area contributed by atoms with Gasteiger partial charge in [-0.3, -0.25) is 15.1 Å². The summed E-state index contributed by atoms with van der Waals surface area (Å²) in [5.74, 6) is 0.718.